The maximum absolute atomic E-state index is 7.06. The highest BCUT2D eigenvalue weighted by atomic mass is 16.6. The zero-order valence-corrected chi connectivity index (χ0v) is 33.8. The lowest BCUT2D eigenvalue weighted by Crippen LogP contribution is -2.25. The van der Waals surface area contributed by atoms with Crippen LogP contribution in [0.5, 0.6) is 23.0 Å². The van der Waals surface area contributed by atoms with E-state index in [9.17, 15) is 0 Å². The molecule has 0 radical (unpaired) electrons. The van der Waals surface area contributed by atoms with Gasteiger partial charge in [-0.25, -0.2) is 0 Å². The second-order valence-electron chi connectivity index (χ2n) is 17.2. The minimum Gasteiger partial charge on any atom is -0.449 e. The Morgan fingerprint density at radius 1 is 0.344 bits per heavy atom. The predicted molar refractivity (Wildman–Crippen MR) is 247 cm³/mol. The van der Waals surface area contributed by atoms with Crippen molar-refractivity contribution in [1.82, 2.24) is 0 Å². The van der Waals surface area contributed by atoms with Gasteiger partial charge in [-0.05, 0) is 115 Å². The van der Waals surface area contributed by atoms with Gasteiger partial charge < -0.3 is 14.4 Å². The molecule has 0 aromatic heterocycles. The maximum atomic E-state index is 7.06. The zero-order chi connectivity index (χ0) is 40.5. The molecule has 9 aromatic carbocycles. The van der Waals surface area contributed by atoms with Crippen LogP contribution in [0.3, 0.4) is 0 Å². The Balaban J connectivity index is 0.952. The number of fused-ring (bicyclic) bond motifs is 16. The fraction of sp³-hybridized carbons (Fsp3) is 0.0690. The highest BCUT2D eigenvalue weighted by molar-refractivity contribution is 5.98. The monoisotopic (exact) mass is 781 g/mol. The smallest absolute Gasteiger partial charge is 0.178 e. The Morgan fingerprint density at radius 3 is 1.62 bits per heavy atom. The molecule has 4 aliphatic rings. The van der Waals surface area contributed by atoms with Crippen molar-refractivity contribution in [3.05, 3.63) is 234 Å². The maximum Gasteiger partial charge on any atom is 0.178 e. The van der Waals surface area contributed by atoms with Crippen LogP contribution < -0.4 is 14.4 Å². The van der Waals surface area contributed by atoms with E-state index >= 15 is 0 Å². The molecule has 13 rings (SSSR count). The Morgan fingerprint density at radius 2 is 0.885 bits per heavy atom. The highest BCUT2D eigenvalue weighted by Gasteiger charge is 2.53. The Hall–Kier alpha value is -7.62. The first kappa shape index (κ1) is 34.3. The van der Waals surface area contributed by atoms with Crippen molar-refractivity contribution in [2.45, 2.75) is 24.7 Å². The third-order valence-corrected chi connectivity index (χ3v) is 13.7. The summed E-state index contributed by atoms with van der Waals surface area (Å²) in [5.74, 6) is 2.85. The summed E-state index contributed by atoms with van der Waals surface area (Å²) in [5, 5.41) is 0. The van der Waals surface area contributed by atoms with Crippen molar-refractivity contribution >= 4 is 17.1 Å². The molecule has 3 aliphatic carbocycles. The van der Waals surface area contributed by atoms with Crippen molar-refractivity contribution in [2.24, 2.45) is 0 Å². The third kappa shape index (κ3) is 4.63. The first-order valence-corrected chi connectivity index (χ1v) is 21.2. The molecule has 61 heavy (non-hydrogen) atoms. The van der Waals surface area contributed by atoms with E-state index < -0.39 is 5.41 Å². The van der Waals surface area contributed by atoms with Gasteiger partial charge in [0, 0.05) is 28.4 Å². The van der Waals surface area contributed by atoms with Crippen LogP contribution in [-0.2, 0) is 10.8 Å². The van der Waals surface area contributed by atoms with Crippen LogP contribution in [0.15, 0.2) is 200 Å². The van der Waals surface area contributed by atoms with E-state index in [1.54, 1.807) is 0 Å². The molecule has 0 unspecified atom stereocenters. The molecule has 1 aliphatic heterocycles. The van der Waals surface area contributed by atoms with Gasteiger partial charge in [0.25, 0.3) is 0 Å². The lowest BCUT2D eigenvalue weighted by atomic mass is 9.70. The average Bonchev–Trinajstić information content (AvgIpc) is 3.87. The number of hydrogen-bond donors (Lipinski definition) is 0. The second-order valence-corrected chi connectivity index (χ2v) is 17.2. The zero-order valence-electron chi connectivity index (χ0n) is 33.8. The number of benzene rings is 9. The molecular weight excluding hydrogens is 743 g/mol. The summed E-state index contributed by atoms with van der Waals surface area (Å²) in [5.41, 5.74) is 20.1. The van der Waals surface area contributed by atoms with Crippen molar-refractivity contribution in [3.63, 3.8) is 0 Å². The molecule has 3 heteroatoms. The van der Waals surface area contributed by atoms with Gasteiger partial charge >= 0.3 is 0 Å². The van der Waals surface area contributed by atoms with Crippen molar-refractivity contribution < 1.29 is 9.47 Å². The standard InChI is InChI=1S/C58H39NO2/c1-57(2)46-23-10-6-19-41(46)44-29-27-39(34-51(44)57)59(38-18-14-17-37(33-38)36-15-4-3-5-16-36)40-28-31-52-54(35-40)60-53-32-30-50-55(56(53)61-52)45-22-9-13-26-49(45)58(50)47-24-11-7-20-42(47)43-21-8-12-25-48(43)58/h3-35H,1-2H3. The summed E-state index contributed by atoms with van der Waals surface area (Å²) in [6, 6.07) is 72.5. The van der Waals surface area contributed by atoms with Crippen molar-refractivity contribution in [3.8, 4) is 67.5 Å². The van der Waals surface area contributed by atoms with E-state index in [1.165, 1.54) is 66.8 Å². The number of nitrogens with zero attached hydrogens (tertiary/aromatic N) is 1. The van der Waals surface area contributed by atoms with Gasteiger partial charge in [-0.3, -0.25) is 0 Å². The fourth-order valence-corrected chi connectivity index (χ4v) is 11.1. The van der Waals surface area contributed by atoms with E-state index in [1.807, 2.05) is 0 Å². The highest BCUT2D eigenvalue weighted by Crippen LogP contribution is 2.66. The van der Waals surface area contributed by atoms with E-state index in [0.717, 1.165) is 33.9 Å². The second kappa shape index (κ2) is 12.5. The first-order chi connectivity index (χ1) is 30.0. The quantitative estimate of drug-likeness (QED) is 0.177. The summed E-state index contributed by atoms with van der Waals surface area (Å²) < 4.78 is 14.0. The minimum absolute atomic E-state index is 0.143. The van der Waals surface area contributed by atoms with Crippen LogP contribution in [0.25, 0.3) is 44.5 Å². The summed E-state index contributed by atoms with van der Waals surface area (Å²) in [4.78, 5) is 2.35. The number of ether oxygens (including phenoxy) is 2. The Kier molecular flexibility index (Phi) is 6.99. The largest absolute Gasteiger partial charge is 0.449 e. The van der Waals surface area contributed by atoms with Crippen LogP contribution in [0, 0.1) is 0 Å². The van der Waals surface area contributed by atoms with E-state index in [4.69, 9.17) is 9.47 Å². The van der Waals surface area contributed by atoms with Crippen molar-refractivity contribution in [2.75, 3.05) is 4.90 Å². The lowest BCUT2D eigenvalue weighted by molar-refractivity contribution is 0.360. The van der Waals surface area contributed by atoms with Gasteiger partial charge in [-0.1, -0.05) is 166 Å². The summed E-state index contributed by atoms with van der Waals surface area (Å²) in [7, 11) is 0. The molecule has 0 amide bonds. The number of anilines is 3. The van der Waals surface area contributed by atoms with E-state index in [0.29, 0.717) is 17.2 Å². The molecule has 288 valence electrons. The van der Waals surface area contributed by atoms with Gasteiger partial charge in [0.15, 0.2) is 23.0 Å². The molecule has 9 aromatic rings. The van der Waals surface area contributed by atoms with Crippen LogP contribution in [0.4, 0.5) is 17.1 Å². The summed E-state index contributed by atoms with van der Waals surface area (Å²) >= 11 is 0. The lowest BCUT2D eigenvalue weighted by Gasteiger charge is -2.31. The third-order valence-electron chi connectivity index (χ3n) is 13.7. The molecule has 1 spiro atoms. The van der Waals surface area contributed by atoms with Gasteiger partial charge in [-0.2, -0.15) is 0 Å². The first-order valence-electron chi connectivity index (χ1n) is 21.2. The van der Waals surface area contributed by atoms with Gasteiger partial charge in [0.1, 0.15) is 0 Å². The molecule has 3 nitrogen and oxygen atoms in total. The number of hydrogen-bond acceptors (Lipinski definition) is 3. The number of rotatable bonds is 4. The van der Waals surface area contributed by atoms with Crippen LogP contribution in [-0.4, -0.2) is 0 Å². The molecule has 0 fully saturated rings. The van der Waals surface area contributed by atoms with Gasteiger partial charge in [0.05, 0.1) is 11.1 Å². The Labute approximate surface area is 355 Å². The Bertz CT molecular complexity index is 3260. The molecule has 0 bridgehead atoms. The van der Waals surface area contributed by atoms with E-state index in [2.05, 4.69) is 219 Å². The average molecular weight is 782 g/mol. The van der Waals surface area contributed by atoms with Gasteiger partial charge in [0.2, 0.25) is 0 Å². The van der Waals surface area contributed by atoms with Crippen LogP contribution >= 0.6 is 0 Å². The van der Waals surface area contributed by atoms with Crippen molar-refractivity contribution in [1.29, 1.82) is 0 Å². The fourth-order valence-electron chi connectivity index (χ4n) is 11.1. The molecule has 0 atom stereocenters. The molecule has 0 saturated heterocycles. The van der Waals surface area contributed by atoms with Crippen LogP contribution in [0.2, 0.25) is 0 Å². The summed E-state index contributed by atoms with van der Waals surface area (Å²) in [6.45, 7) is 4.68. The molecule has 1 heterocycles. The van der Waals surface area contributed by atoms with Gasteiger partial charge in [-0.15, -0.1) is 0 Å². The normalized spacial score (nSPS) is 14.6. The molecule has 0 saturated carbocycles. The molecule has 0 N–H and O–H groups in total. The minimum atomic E-state index is -0.456. The van der Waals surface area contributed by atoms with E-state index in [-0.39, 0.29) is 5.41 Å². The topological polar surface area (TPSA) is 21.7 Å². The van der Waals surface area contributed by atoms with Crippen LogP contribution in [0.1, 0.15) is 47.2 Å². The SMILES string of the molecule is CC1(C)c2ccccc2-c2ccc(N(c3cccc(-c4ccccc4)c3)c3ccc4c(c3)Oc3ccc5c(c3O4)-c3ccccc3C53c4ccccc4-c4ccccc43)cc21. The predicted octanol–water partition coefficient (Wildman–Crippen LogP) is 15.4. The molecular formula is C58H39NO2. The summed E-state index contributed by atoms with van der Waals surface area (Å²) in [6.07, 6.45) is 0.